The lowest BCUT2D eigenvalue weighted by Crippen LogP contribution is -2.35. The first-order valence-electron chi connectivity index (χ1n) is 5.42. The van der Waals surface area contributed by atoms with Crippen LogP contribution in [0.1, 0.15) is 15.2 Å². The van der Waals surface area contributed by atoms with E-state index >= 15 is 0 Å². The third-order valence-corrected chi connectivity index (χ3v) is 3.09. The van der Waals surface area contributed by atoms with Gasteiger partial charge < -0.3 is 20.2 Å². The molecule has 18 heavy (non-hydrogen) atoms. The van der Waals surface area contributed by atoms with E-state index in [1.165, 1.54) is 16.2 Å². The Bertz CT molecular complexity index is 440. The molecule has 98 valence electrons. The Hall–Kier alpha value is -1.39. The predicted molar refractivity (Wildman–Crippen MR) is 68.4 cm³/mol. The van der Waals surface area contributed by atoms with Crippen LogP contribution < -0.4 is 0 Å². The average Bonchev–Trinajstić information content (AvgIpc) is 2.83. The van der Waals surface area contributed by atoms with E-state index in [0.29, 0.717) is 10.4 Å². The molecule has 0 aliphatic rings. The van der Waals surface area contributed by atoms with Gasteiger partial charge in [0, 0.05) is 18.7 Å². The molecule has 0 radical (unpaired) electrons. The summed E-state index contributed by atoms with van der Waals surface area (Å²) in [5.41, 5.74) is 0.555. The van der Waals surface area contributed by atoms with Crippen molar-refractivity contribution in [1.82, 2.24) is 4.90 Å². The molecule has 5 nitrogen and oxygen atoms in total. The number of rotatable bonds is 5. The number of hydrogen-bond acceptors (Lipinski definition) is 5. The van der Waals surface area contributed by atoms with Gasteiger partial charge in [0.2, 0.25) is 0 Å². The molecule has 1 amide bonds. The molecule has 0 fully saturated rings. The van der Waals surface area contributed by atoms with Crippen molar-refractivity contribution in [2.45, 2.75) is 0 Å². The Morgan fingerprint density at radius 1 is 1.28 bits per heavy atom. The number of aliphatic hydroxyl groups is 3. The zero-order valence-electron chi connectivity index (χ0n) is 9.80. The lowest BCUT2D eigenvalue weighted by molar-refractivity contribution is 0.0689. The van der Waals surface area contributed by atoms with Crippen molar-refractivity contribution in [3.05, 3.63) is 21.9 Å². The fourth-order valence-corrected chi connectivity index (χ4v) is 2.22. The predicted octanol–water partition coefficient (Wildman–Crippen LogP) is -0.481. The maximum Gasteiger partial charge on any atom is 0.265 e. The van der Waals surface area contributed by atoms with E-state index < -0.39 is 0 Å². The highest BCUT2D eigenvalue weighted by atomic mass is 32.1. The molecule has 0 spiro atoms. The van der Waals surface area contributed by atoms with Gasteiger partial charge in [0.15, 0.2) is 0 Å². The summed E-state index contributed by atoms with van der Waals surface area (Å²) >= 11 is 1.25. The molecule has 0 aliphatic carbocycles. The minimum Gasteiger partial charge on any atom is -0.395 e. The van der Waals surface area contributed by atoms with E-state index in [0.717, 1.165) is 0 Å². The molecule has 0 bridgehead atoms. The van der Waals surface area contributed by atoms with Crippen LogP contribution in [0.2, 0.25) is 0 Å². The minimum atomic E-state index is -0.268. The van der Waals surface area contributed by atoms with Gasteiger partial charge in [-0.15, -0.1) is 11.3 Å². The van der Waals surface area contributed by atoms with Crippen LogP contribution in [0, 0.1) is 11.8 Å². The van der Waals surface area contributed by atoms with E-state index in [1.807, 2.05) is 0 Å². The summed E-state index contributed by atoms with van der Waals surface area (Å²) in [6, 6.07) is 1.70. The summed E-state index contributed by atoms with van der Waals surface area (Å²) in [6.45, 7) is -0.238. The first-order chi connectivity index (χ1) is 8.74. The molecule has 3 N–H and O–H groups in total. The number of thiophene rings is 1. The van der Waals surface area contributed by atoms with Crippen LogP contribution in [0.15, 0.2) is 11.4 Å². The molecule has 0 aliphatic heterocycles. The molecule has 0 atom stereocenters. The van der Waals surface area contributed by atoms with Gasteiger partial charge in [-0.25, -0.2) is 0 Å². The minimum absolute atomic E-state index is 0.158. The monoisotopic (exact) mass is 269 g/mol. The van der Waals surface area contributed by atoms with Crippen LogP contribution in [-0.4, -0.2) is 59.0 Å². The molecule has 1 heterocycles. The van der Waals surface area contributed by atoms with Gasteiger partial charge in [-0.05, 0) is 11.4 Å². The summed E-state index contributed by atoms with van der Waals surface area (Å²) in [5, 5.41) is 28.2. The Labute approximate surface area is 109 Å². The van der Waals surface area contributed by atoms with Crippen molar-refractivity contribution in [3.63, 3.8) is 0 Å². The smallest absolute Gasteiger partial charge is 0.265 e. The normalized spacial score (nSPS) is 9.72. The average molecular weight is 269 g/mol. The zero-order valence-corrected chi connectivity index (χ0v) is 10.6. The van der Waals surface area contributed by atoms with Gasteiger partial charge in [-0.2, -0.15) is 0 Å². The number of carbonyl (C=O) groups is 1. The Morgan fingerprint density at radius 2 is 1.94 bits per heavy atom. The van der Waals surface area contributed by atoms with Crippen LogP contribution in [0.3, 0.4) is 0 Å². The summed E-state index contributed by atoms with van der Waals surface area (Å²) in [5.74, 6) is 4.92. The zero-order chi connectivity index (χ0) is 13.4. The van der Waals surface area contributed by atoms with Crippen molar-refractivity contribution in [2.75, 3.05) is 32.9 Å². The molecular weight excluding hydrogens is 254 g/mol. The molecule has 0 unspecified atom stereocenters. The van der Waals surface area contributed by atoms with E-state index in [2.05, 4.69) is 11.8 Å². The summed E-state index contributed by atoms with van der Waals surface area (Å²) < 4.78 is 0. The standard InChI is InChI=1S/C12H15NO4S/c14-6-1-2-10-3-9-18-11(10)12(17)13(4-7-15)5-8-16/h3,9,14-16H,4-8H2. The molecule has 1 rings (SSSR count). The van der Waals surface area contributed by atoms with Crippen LogP contribution >= 0.6 is 11.3 Å². The lowest BCUT2D eigenvalue weighted by atomic mass is 10.2. The van der Waals surface area contributed by atoms with E-state index in [1.54, 1.807) is 11.4 Å². The number of amides is 1. The van der Waals surface area contributed by atoms with Crippen LogP contribution in [0.5, 0.6) is 0 Å². The van der Waals surface area contributed by atoms with Gasteiger partial charge in [0.1, 0.15) is 11.5 Å². The fraction of sp³-hybridized carbons (Fsp3) is 0.417. The van der Waals surface area contributed by atoms with Gasteiger partial charge in [0.05, 0.1) is 13.2 Å². The highest BCUT2D eigenvalue weighted by Gasteiger charge is 2.18. The SMILES string of the molecule is O=C(c1sccc1C#CCO)N(CCO)CCO. The number of carbonyl (C=O) groups excluding carboxylic acids is 1. The van der Waals surface area contributed by atoms with Crippen LogP contribution in [0.25, 0.3) is 0 Å². The quantitative estimate of drug-likeness (QED) is 0.631. The molecule has 0 saturated heterocycles. The second-order valence-corrected chi connectivity index (χ2v) is 4.28. The van der Waals surface area contributed by atoms with E-state index in [9.17, 15) is 4.79 Å². The molecule has 6 heteroatoms. The van der Waals surface area contributed by atoms with E-state index in [4.69, 9.17) is 15.3 Å². The Morgan fingerprint density at radius 3 is 2.50 bits per heavy atom. The van der Waals surface area contributed by atoms with E-state index in [-0.39, 0.29) is 38.8 Å². The molecule has 1 aromatic rings. The molecule has 0 saturated carbocycles. The van der Waals surface area contributed by atoms with Crippen LogP contribution in [0.4, 0.5) is 0 Å². The van der Waals surface area contributed by atoms with Gasteiger partial charge in [0.25, 0.3) is 5.91 Å². The third kappa shape index (κ3) is 3.82. The number of nitrogens with zero attached hydrogens (tertiary/aromatic N) is 1. The lowest BCUT2D eigenvalue weighted by Gasteiger charge is -2.19. The highest BCUT2D eigenvalue weighted by molar-refractivity contribution is 7.12. The maximum atomic E-state index is 12.2. The largest absolute Gasteiger partial charge is 0.395 e. The first kappa shape index (κ1) is 14.7. The first-order valence-corrected chi connectivity index (χ1v) is 6.30. The summed E-state index contributed by atoms with van der Waals surface area (Å²) in [4.78, 5) is 14.0. The topological polar surface area (TPSA) is 81.0 Å². The number of aliphatic hydroxyl groups excluding tert-OH is 3. The second kappa shape index (κ2) is 7.84. The van der Waals surface area contributed by atoms with Crippen molar-refractivity contribution in [1.29, 1.82) is 0 Å². The molecular formula is C12H15NO4S. The second-order valence-electron chi connectivity index (χ2n) is 3.36. The van der Waals surface area contributed by atoms with Crippen molar-refractivity contribution in [2.24, 2.45) is 0 Å². The maximum absolute atomic E-state index is 12.2. The van der Waals surface area contributed by atoms with Gasteiger partial charge in [-0.3, -0.25) is 4.79 Å². The Balaban J connectivity index is 2.90. The van der Waals surface area contributed by atoms with Gasteiger partial charge >= 0.3 is 0 Å². The van der Waals surface area contributed by atoms with Crippen LogP contribution in [-0.2, 0) is 0 Å². The molecule has 0 aromatic carbocycles. The van der Waals surface area contributed by atoms with Gasteiger partial charge in [-0.1, -0.05) is 11.8 Å². The summed E-state index contributed by atoms with van der Waals surface area (Å²) in [7, 11) is 0. The Kier molecular flexibility index (Phi) is 6.39. The van der Waals surface area contributed by atoms with Crippen molar-refractivity contribution < 1.29 is 20.1 Å². The summed E-state index contributed by atoms with van der Waals surface area (Å²) in [6.07, 6.45) is 0. The fourth-order valence-electron chi connectivity index (χ4n) is 1.41. The van der Waals surface area contributed by atoms with Crippen molar-refractivity contribution in [3.8, 4) is 11.8 Å². The number of hydrogen-bond donors (Lipinski definition) is 3. The third-order valence-electron chi connectivity index (χ3n) is 2.19. The highest BCUT2D eigenvalue weighted by Crippen LogP contribution is 2.18. The van der Waals surface area contributed by atoms with Crippen molar-refractivity contribution >= 4 is 17.2 Å². The molecule has 1 aromatic heterocycles.